The SMILES string of the molecule is Cc1ccc2c(c1)[C@@H]1C=CC[C@@H]1[C@H](c1ccc(N=Cc3ccccc3OCc3ccc(Cl)cc3Cl)cc1)N2. The summed E-state index contributed by atoms with van der Waals surface area (Å²) in [7, 11) is 0. The lowest BCUT2D eigenvalue weighted by Crippen LogP contribution is -2.29. The molecule has 2 aliphatic rings. The molecule has 0 spiro atoms. The van der Waals surface area contributed by atoms with Crippen LogP contribution in [0.25, 0.3) is 0 Å². The number of rotatable bonds is 6. The van der Waals surface area contributed by atoms with Gasteiger partial charge in [-0.1, -0.05) is 83.4 Å². The van der Waals surface area contributed by atoms with Gasteiger partial charge in [0.2, 0.25) is 0 Å². The molecule has 0 unspecified atom stereocenters. The molecule has 0 aromatic heterocycles. The first kappa shape index (κ1) is 24.8. The third-order valence-electron chi connectivity index (χ3n) is 7.44. The van der Waals surface area contributed by atoms with Crippen LogP contribution in [0.5, 0.6) is 5.75 Å². The average molecular weight is 540 g/mol. The van der Waals surface area contributed by atoms with Gasteiger partial charge in [0.1, 0.15) is 12.4 Å². The molecular formula is C33H28Cl2N2O. The molecule has 1 N–H and O–H groups in total. The summed E-state index contributed by atoms with van der Waals surface area (Å²) in [5, 5.41) is 5.02. The second-order valence-electron chi connectivity index (χ2n) is 9.98. The summed E-state index contributed by atoms with van der Waals surface area (Å²) in [6, 6.07) is 28.9. The van der Waals surface area contributed by atoms with Gasteiger partial charge in [-0.05, 0) is 72.9 Å². The largest absolute Gasteiger partial charge is 0.488 e. The van der Waals surface area contributed by atoms with Gasteiger partial charge < -0.3 is 10.1 Å². The highest BCUT2D eigenvalue weighted by molar-refractivity contribution is 6.35. The first-order valence-corrected chi connectivity index (χ1v) is 13.6. The highest BCUT2D eigenvalue weighted by Crippen LogP contribution is 2.50. The van der Waals surface area contributed by atoms with Crippen molar-refractivity contribution in [2.75, 3.05) is 5.32 Å². The summed E-state index contributed by atoms with van der Waals surface area (Å²) >= 11 is 12.3. The zero-order chi connectivity index (χ0) is 26.1. The van der Waals surface area contributed by atoms with Crippen molar-refractivity contribution >= 4 is 40.8 Å². The van der Waals surface area contributed by atoms with E-state index < -0.39 is 0 Å². The van der Waals surface area contributed by atoms with E-state index in [1.165, 1.54) is 22.4 Å². The third-order valence-corrected chi connectivity index (χ3v) is 8.03. The van der Waals surface area contributed by atoms with Crippen LogP contribution in [-0.4, -0.2) is 6.21 Å². The third kappa shape index (κ3) is 5.09. The Kier molecular flexibility index (Phi) is 6.97. The number of benzene rings is 4. The number of allylic oxidation sites excluding steroid dienone is 2. The van der Waals surface area contributed by atoms with Crippen molar-refractivity contribution in [2.45, 2.75) is 31.9 Å². The molecule has 6 rings (SSSR count). The first-order chi connectivity index (χ1) is 18.5. The number of fused-ring (bicyclic) bond motifs is 3. The predicted octanol–water partition coefficient (Wildman–Crippen LogP) is 9.46. The van der Waals surface area contributed by atoms with Crippen LogP contribution < -0.4 is 10.1 Å². The van der Waals surface area contributed by atoms with Crippen LogP contribution in [0.4, 0.5) is 11.4 Å². The molecule has 3 atom stereocenters. The van der Waals surface area contributed by atoms with Crippen molar-refractivity contribution in [3.63, 3.8) is 0 Å². The second kappa shape index (κ2) is 10.7. The van der Waals surface area contributed by atoms with Crippen molar-refractivity contribution in [3.8, 4) is 5.75 Å². The van der Waals surface area contributed by atoms with Crippen LogP contribution >= 0.6 is 23.2 Å². The Morgan fingerprint density at radius 1 is 0.974 bits per heavy atom. The topological polar surface area (TPSA) is 33.6 Å². The van der Waals surface area contributed by atoms with Crippen LogP contribution in [-0.2, 0) is 6.61 Å². The number of nitrogens with one attached hydrogen (secondary N) is 1. The van der Waals surface area contributed by atoms with Crippen molar-refractivity contribution in [1.29, 1.82) is 0 Å². The fourth-order valence-electron chi connectivity index (χ4n) is 5.47. The standard InChI is InChI=1S/C33H28Cl2N2O/c1-21-9-16-31-29(17-21)27-6-4-7-28(27)33(37-31)22-11-14-26(15-12-22)36-19-23-5-2-3-8-32(23)38-20-24-10-13-25(34)18-30(24)35/h2-6,8-19,27-28,33,37H,7,20H2,1H3/t27-,28+,33+/m1/s1. The van der Waals surface area contributed by atoms with Gasteiger partial charge in [0.25, 0.3) is 0 Å². The maximum Gasteiger partial charge on any atom is 0.128 e. The monoisotopic (exact) mass is 538 g/mol. The Balaban J connectivity index is 1.17. The summed E-state index contributed by atoms with van der Waals surface area (Å²) in [5.74, 6) is 1.74. The predicted molar refractivity (Wildman–Crippen MR) is 158 cm³/mol. The van der Waals surface area contributed by atoms with Crippen molar-refractivity contribution in [3.05, 3.63) is 135 Å². The molecule has 190 valence electrons. The number of ether oxygens (including phenoxy) is 1. The Labute approximate surface area is 233 Å². The molecule has 38 heavy (non-hydrogen) atoms. The number of aryl methyl sites for hydroxylation is 1. The smallest absolute Gasteiger partial charge is 0.128 e. The zero-order valence-electron chi connectivity index (χ0n) is 21.1. The van der Waals surface area contributed by atoms with Gasteiger partial charge in [-0.25, -0.2) is 0 Å². The van der Waals surface area contributed by atoms with Gasteiger partial charge in [-0.3, -0.25) is 4.99 Å². The minimum atomic E-state index is 0.275. The van der Waals surface area contributed by atoms with Gasteiger partial charge in [-0.2, -0.15) is 0 Å². The molecule has 0 bridgehead atoms. The molecule has 5 heteroatoms. The van der Waals surface area contributed by atoms with E-state index in [9.17, 15) is 0 Å². The van der Waals surface area contributed by atoms with Gasteiger partial charge in [0, 0.05) is 39.0 Å². The molecule has 0 amide bonds. The minimum absolute atomic E-state index is 0.275. The maximum absolute atomic E-state index is 6.31. The number of anilines is 1. The van der Waals surface area contributed by atoms with Crippen LogP contribution in [0.2, 0.25) is 10.0 Å². The molecule has 1 aliphatic carbocycles. The number of halogens is 2. The van der Waals surface area contributed by atoms with E-state index in [4.69, 9.17) is 32.9 Å². The van der Waals surface area contributed by atoms with Gasteiger partial charge in [0.05, 0.1) is 11.7 Å². The Morgan fingerprint density at radius 3 is 2.66 bits per heavy atom. The van der Waals surface area contributed by atoms with Gasteiger partial charge >= 0.3 is 0 Å². The number of para-hydroxylation sites is 1. The summed E-state index contributed by atoms with van der Waals surface area (Å²) < 4.78 is 6.07. The molecule has 0 saturated heterocycles. The zero-order valence-corrected chi connectivity index (χ0v) is 22.6. The minimum Gasteiger partial charge on any atom is -0.488 e. The Bertz CT molecular complexity index is 1530. The summed E-state index contributed by atoms with van der Waals surface area (Å²) in [6.07, 6.45) is 7.66. The van der Waals surface area contributed by atoms with E-state index in [-0.39, 0.29) is 6.04 Å². The second-order valence-corrected chi connectivity index (χ2v) is 10.8. The normalized spacial score (nSPS) is 19.7. The number of nitrogens with zero attached hydrogens (tertiary/aromatic N) is 1. The quantitative estimate of drug-likeness (QED) is 0.196. The Hall–Kier alpha value is -3.53. The lowest BCUT2D eigenvalue weighted by atomic mass is 9.76. The van der Waals surface area contributed by atoms with Crippen LogP contribution in [0, 0.1) is 12.8 Å². The lowest BCUT2D eigenvalue weighted by Gasteiger charge is -2.37. The van der Waals surface area contributed by atoms with Crippen molar-refractivity contribution < 1.29 is 4.74 Å². The lowest BCUT2D eigenvalue weighted by molar-refractivity contribution is 0.306. The number of hydrogen-bond acceptors (Lipinski definition) is 3. The van der Waals surface area contributed by atoms with Crippen LogP contribution in [0.15, 0.2) is 102 Å². The highest BCUT2D eigenvalue weighted by Gasteiger charge is 2.37. The number of hydrogen-bond donors (Lipinski definition) is 1. The molecule has 0 fully saturated rings. The van der Waals surface area contributed by atoms with E-state index >= 15 is 0 Å². The van der Waals surface area contributed by atoms with E-state index in [0.29, 0.717) is 28.5 Å². The summed E-state index contributed by atoms with van der Waals surface area (Å²) in [4.78, 5) is 4.74. The Morgan fingerprint density at radius 2 is 1.82 bits per heavy atom. The molecule has 1 aliphatic heterocycles. The highest BCUT2D eigenvalue weighted by atomic mass is 35.5. The van der Waals surface area contributed by atoms with E-state index in [2.05, 4.69) is 66.9 Å². The molecule has 0 radical (unpaired) electrons. The first-order valence-electron chi connectivity index (χ1n) is 12.9. The maximum atomic E-state index is 6.31. The van der Waals surface area contributed by atoms with Crippen LogP contribution in [0.1, 0.15) is 46.2 Å². The van der Waals surface area contributed by atoms with Gasteiger partial charge in [0.15, 0.2) is 0 Å². The number of aliphatic imine (C=N–C) groups is 1. The molecule has 1 heterocycles. The molecule has 4 aromatic rings. The fraction of sp³-hybridized carbons (Fsp3) is 0.182. The van der Waals surface area contributed by atoms with Crippen molar-refractivity contribution in [1.82, 2.24) is 0 Å². The summed E-state index contributed by atoms with van der Waals surface area (Å²) in [6.45, 7) is 2.52. The van der Waals surface area contributed by atoms with E-state index in [1.54, 1.807) is 6.07 Å². The molecule has 0 saturated carbocycles. The van der Waals surface area contributed by atoms with Gasteiger partial charge in [-0.15, -0.1) is 0 Å². The van der Waals surface area contributed by atoms with E-state index in [1.807, 2.05) is 42.6 Å². The van der Waals surface area contributed by atoms with E-state index in [0.717, 1.165) is 29.0 Å². The molecule has 3 nitrogen and oxygen atoms in total. The molecule has 4 aromatic carbocycles. The van der Waals surface area contributed by atoms with Crippen molar-refractivity contribution in [2.24, 2.45) is 10.9 Å². The van der Waals surface area contributed by atoms with Crippen LogP contribution in [0.3, 0.4) is 0 Å². The average Bonchev–Trinajstić information content (AvgIpc) is 3.42. The summed E-state index contributed by atoms with van der Waals surface area (Å²) in [5.41, 5.74) is 7.95. The fourth-order valence-corrected chi connectivity index (χ4v) is 5.93. The molecular weight excluding hydrogens is 511 g/mol.